The van der Waals surface area contributed by atoms with Crippen LogP contribution in [-0.2, 0) is 17.0 Å². The van der Waals surface area contributed by atoms with Crippen molar-refractivity contribution in [3.05, 3.63) is 133 Å². The molecule has 7 heteroatoms. The van der Waals surface area contributed by atoms with Crippen molar-refractivity contribution in [3.8, 4) is 5.75 Å². The number of rotatable bonds is 8. The molecule has 35 heavy (non-hydrogen) atoms. The number of carbonyl (C=O) groups is 1. The average Bonchev–Trinajstić information content (AvgIpc) is 2.89. The van der Waals surface area contributed by atoms with E-state index in [-0.39, 0.29) is 0 Å². The van der Waals surface area contributed by atoms with Gasteiger partial charge in [-0.1, -0.05) is 91.0 Å². The van der Waals surface area contributed by atoms with Gasteiger partial charge in [-0.25, -0.2) is 5.43 Å². The van der Waals surface area contributed by atoms with Crippen LogP contribution in [0.25, 0.3) is 0 Å². The lowest BCUT2D eigenvalue weighted by molar-refractivity contribution is -0.136. The summed E-state index contributed by atoms with van der Waals surface area (Å²) in [5, 5.41) is 15.6. The molecule has 0 aliphatic heterocycles. The first-order chi connectivity index (χ1) is 17.0. The molecular formula is C28H22BrIN2O3. The Morgan fingerprint density at radius 2 is 1.49 bits per heavy atom. The Bertz CT molecular complexity index is 1250. The van der Waals surface area contributed by atoms with Crippen molar-refractivity contribution in [1.82, 2.24) is 5.43 Å². The number of nitrogens with zero attached hydrogens (tertiary/aromatic N) is 1. The lowest BCUT2D eigenvalue weighted by Gasteiger charge is -2.27. The van der Waals surface area contributed by atoms with Gasteiger partial charge in [0.2, 0.25) is 0 Å². The van der Waals surface area contributed by atoms with Crippen LogP contribution in [0.1, 0.15) is 22.3 Å². The van der Waals surface area contributed by atoms with Gasteiger partial charge in [0.25, 0.3) is 5.91 Å². The molecule has 1 amide bonds. The second-order valence-corrected chi connectivity index (χ2v) is 9.75. The van der Waals surface area contributed by atoms with E-state index in [1.54, 1.807) is 48.5 Å². The molecule has 4 aromatic rings. The van der Waals surface area contributed by atoms with Crippen molar-refractivity contribution < 1.29 is 14.6 Å². The molecule has 0 fully saturated rings. The van der Waals surface area contributed by atoms with Crippen LogP contribution < -0.4 is 10.2 Å². The summed E-state index contributed by atoms with van der Waals surface area (Å²) in [5.41, 5.74) is 3.36. The minimum absolute atomic E-state index is 0.455. The van der Waals surface area contributed by atoms with Crippen LogP contribution in [0.3, 0.4) is 0 Å². The first-order valence-electron chi connectivity index (χ1n) is 10.8. The summed E-state index contributed by atoms with van der Waals surface area (Å²) in [6.45, 7) is 0.455. The molecular weight excluding hydrogens is 619 g/mol. The predicted octanol–water partition coefficient (Wildman–Crippen LogP) is 6.02. The third kappa shape index (κ3) is 5.98. The number of nitrogens with one attached hydrogen (secondary N) is 1. The molecule has 0 aliphatic carbocycles. The molecule has 0 aliphatic rings. The van der Waals surface area contributed by atoms with Gasteiger partial charge in [-0.05, 0) is 72.9 Å². The summed E-state index contributed by atoms with van der Waals surface area (Å²) in [4.78, 5) is 13.2. The Kier molecular flexibility index (Phi) is 8.33. The molecule has 0 spiro atoms. The highest BCUT2D eigenvalue weighted by Crippen LogP contribution is 2.33. The molecule has 176 valence electrons. The minimum Gasteiger partial charge on any atom is -0.487 e. The van der Waals surface area contributed by atoms with E-state index in [2.05, 4.69) is 49.0 Å². The van der Waals surface area contributed by atoms with Crippen molar-refractivity contribution in [2.45, 2.75) is 12.2 Å². The summed E-state index contributed by atoms with van der Waals surface area (Å²) >= 11 is 5.77. The topological polar surface area (TPSA) is 70.9 Å². The molecule has 0 bridgehead atoms. The third-order valence-corrected chi connectivity index (χ3v) is 6.73. The number of hydrazone groups is 1. The van der Waals surface area contributed by atoms with E-state index in [9.17, 15) is 9.90 Å². The van der Waals surface area contributed by atoms with Gasteiger partial charge >= 0.3 is 0 Å². The number of amides is 1. The Balaban J connectivity index is 1.50. The highest BCUT2D eigenvalue weighted by Gasteiger charge is 2.39. The quantitative estimate of drug-likeness (QED) is 0.141. The van der Waals surface area contributed by atoms with Crippen LogP contribution >= 0.6 is 38.5 Å². The molecule has 0 saturated carbocycles. The zero-order valence-corrected chi connectivity index (χ0v) is 22.3. The first kappa shape index (κ1) is 25.1. The average molecular weight is 641 g/mol. The number of benzene rings is 4. The molecule has 2 N–H and O–H groups in total. The number of hydrogen-bond donors (Lipinski definition) is 2. The standard InChI is InChI=1S/C28H22BrIN2O3/c29-24-16-21(17-25(30)26(24)35-19-20-10-4-1-5-11-20)18-31-32-27(33)28(34,22-12-6-2-7-13-22)23-14-8-3-9-15-23/h1-18,34H,19H2,(H,32,33)/b31-18+. The summed E-state index contributed by atoms with van der Waals surface area (Å²) in [6, 6.07) is 31.3. The van der Waals surface area contributed by atoms with E-state index < -0.39 is 11.5 Å². The molecule has 0 atom stereocenters. The Morgan fingerprint density at radius 1 is 0.943 bits per heavy atom. The van der Waals surface area contributed by atoms with Crippen LogP contribution in [0.15, 0.2) is 113 Å². The normalized spacial score (nSPS) is 11.4. The Labute approximate surface area is 226 Å². The van der Waals surface area contributed by atoms with E-state index >= 15 is 0 Å². The van der Waals surface area contributed by atoms with Gasteiger partial charge in [-0.3, -0.25) is 4.79 Å². The maximum atomic E-state index is 13.2. The SMILES string of the molecule is O=C(N/N=C/c1cc(Br)c(OCc2ccccc2)c(I)c1)C(O)(c1ccccc1)c1ccccc1. The molecule has 0 aromatic heterocycles. The largest absolute Gasteiger partial charge is 0.487 e. The maximum absolute atomic E-state index is 13.2. The van der Waals surface area contributed by atoms with Crippen molar-refractivity contribution in [1.29, 1.82) is 0 Å². The van der Waals surface area contributed by atoms with Gasteiger partial charge in [-0.2, -0.15) is 5.10 Å². The number of carbonyl (C=O) groups excluding carboxylic acids is 1. The monoisotopic (exact) mass is 640 g/mol. The number of halogens is 2. The lowest BCUT2D eigenvalue weighted by atomic mass is 9.85. The highest BCUT2D eigenvalue weighted by atomic mass is 127. The summed E-state index contributed by atoms with van der Waals surface area (Å²) in [5.74, 6) is 0.0842. The van der Waals surface area contributed by atoms with Crippen LogP contribution in [0.2, 0.25) is 0 Å². The Morgan fingerprint density at radius 3 is 2.03 bits per heavy atom. The van der Waals surface area contributed by atoms with Gasteiger partial charge in [-0.15, -0.1) is 0 Å². The second kappa shape index (κ2) is 11.6. The molecule has 0 unspecified atom stereocenters. The minimum atomic E-state index is -1.88. The molecule has 4 aromatic carbocycles. The van der Waals surface area contributed by atoms with Gasteiger partial charge in [0.05, 0.1) is 14.3 Å². The smallest absolute Gasteiger partial charge is 0.281 e. The van der Waals surface area contributed by atoms with Crippen LogP contribution in [-0.4, -0.2) is 17.2 Å². The van der Waals surface area contributed by atoms with Gasteiger partial charge < -0.3 is 9.84 Å². The fourth-order valence-electron chi connectivity index (χ4n) is 3.56. The number of hydrogen-bond acceptors (Lipinski definition) is 4. The van der Waals surface area contributed by atoms with Gasteiger partial charge in [0, 0.05) is 0 Å². The fraction of sp³-hybridized carbons (Fsp3) is 0.0714. The van der Waals surface area contributed by atoms with Crippen LogP contribution in [0, 0.1) is 3.57 Å². The zero-order chi connectivity index (χ0) is 24.7. The number of ether oxygens (including phenoxy) is 1. The van der Waals surface area contributed by atoms with Crippen LogP contribution in [0.4, 0.5) is 0 Å². The molecule has 0 radical (unpaired) electrons. The summed E-state index contributed by atoms with van der Waals surface area (Å²) < 4.78 is 7.66. The third-order valence-electron chi connectivity index (χ3n) is 5.34. The fourth-order valence-corrected chi connectivity index (χ4v) is 5.32. The summed E-state index contributed by atoms with van der Waals surface area (Å²) in [6.07, 6.45) is 1.53. The van der Waals surface area contributed by atoms with Gasteiger partial charge in [0.15, 0.2) is 5.60 Å². The summed E-state index contributed by atoms with van der Waals surface area (Å²) in [7, 11) is 0. The van der Waals surface area contributed by atoms with E-state index in [0.29, 0.717) is 17.7 Å². The van der Waals surface area contributed by atoms with Crippen molar-refractivity contribution in [3.63, 3.8) is 0 Å². The maximum Gasteiger partial charge on any atom is 0.281 e. The first-order valence-corrected chi connectivity index (χ1v) is 12.7. The van der Waals surface area contributed by atoms with Crippen LogP contribution in [0.5, 0.6) is 5.75 Å². The molecule has 5 nitrogen and oxygen atoms in total. The van der Waals surface area contributed by atoms with Gasteiger partial charge in [0.1, 0.15) is 12.4 Å². The van der Waals surface area contributed by atoms with Crippen molar-refractivity contribution in [2.75, 3.05) is 0 Å². The Hall–Kier alpha value is -3.01. The zero-order valence-electron chi connectivity index (χ0n) is 18.6. The molecule has 0 saturated heterocycles. The van der Waals surface area contributed by atoms with Crippen molar-refractivity contribution >= 4 is 50.6 Å². The van der Waals surface area contributed by atoms with E-state index in [1.807, 2.05) is 54.6 Å². The highest BCUT2D eigenvalue weighted by molar-refractivity contribution is 14.1. The lowest BCUT2D eigenvalue weighted by Crippen LogP contribution is -2.43. The predicted molar refractivity (Wildman–Crippen MR) is 149 cm³/mol. The van der Waals surface area contributed by atoms with Crippen molar-refractivity contribution in [2.24, 2.45) is 5.10 Å². The molecule has 4 rings (SSSR count). The second-order valence-electron chi connectivity index (χ2n) is 7.73. The van der Waals surface area contributed by atoms with E-state index in [4.69, 9.17) is 4.74 Å². The van der Waals surface area contributed by atoms with E-state index in [0.717, 1.165) is 24.9 Å². The molecule has 0 heterocycles. The number of aliphatic hydroxyl groups is 1. The van der Waals surface area contributed by atoms with E-state index in [1.165, 1.54) is 6.21 Å².